The lowest BCUT2D eigenvalue weighted by molar-refractivity contribution is -0.929. The summed E-state index contributed by atoms with van der Waals surface area (Å²) in [4.78, 5) is 0. The van der Waals surface area contributed by atoms with Crippen molar-refractivity contribution in [3.05, 3.63) is 0 Å². The van der Waals surface area contributed by atoms with Crippen LogP contribution in [-0.2, 0) is 0 Å². The average Bonchev–Trinajstić information content (AvgIpc) is 2.88. The van der Waals surface area contributed by atoms with Crippen LogP contribution in [0, 0.1) is 0 Å². The summed E-state index contributed by atoms with van der Waals surface area (Å²) < 4.78 is 2.54. The first-order chi connectivity index (χ1) is 17.8. The molecule has 0 fully saturated rings. The maximum absolute atomic E-state index is 2.33. The van der Waals surface area contributed by atoms with Gasteiger partial charge in [-0.1, -0.05) is 137 Å². The van der Waals surface area contributed by atoms with Crippen LogP contribution in [0.2, 0.25) is 0 Å². The Labute approximate surface area is 267 Å². The van der Waals surface area contributed by atoms with Crippen LogP contribution in [0.4, 0.5) is 0 Å². The summed E-state index contributed by atoms with van der Waals surface area (Å²) >= 11 is 0. The Morgan fingerprint density at radius 3 is 0.769 bits per heavy atom. The Morgan fingerprint density at radius 1 is 0.308 bits per heavy atom. The van der Waals surface area contributed by atoms with E-state index in [9.17, 15) is 0 Å². The second-order valence-electron chi connectivity index (χ2n) is 13.3. The smallest absolute Gasteiger partial charge is 0.0786 e. The zero-order chi connectivity index (χ0) is 28.1. The summed E-state index contributed by atoms with van der Waals surface area (Å²) in [5.41, 5.74) is 0. The lowest BCUT2D eigenvalue weighted by atomic mass is 10.0. The van der Waals surface area contributed by atoms with E-state index < -0.39 is 0 Å². The van der Waals surface area contributed by atoms with E-state index in [1.807, 2.05) is 0 Å². The van der Waals surface area contributed by atoms with E-state index in [1.165, 1.54) is 178 Å². The molecule has 0 radical (unpaired) electrons. The number of hydrogen-bond donors (Lipinski definition) is 0. The molecule has 0 atom stereocenters. The molecule has 0 aromatic heterocycles. The van der Waals surface area contributed by atoms with E-state index in [0.29, 0.717) is 0 Å². The molecule has 0 N–H and O–H groups in total. The Kier molecular flexibility index (Phi) is 41.7. The molecule has 0 aromatic rings. The van der Waals surface area contributed by atoms with Crippen molar-refractivity contribution in [1.29, 1.82) is 0 Å². The van der Waals surface area contributed by atoms with E-state index in [1.54, 1.807) is 0 Å². The molecule has 2 nitrogen and oxygen atoms in total. The van der Waals surface area contributed by atoms with Crippen molar-refractivity contribution >= 4 is 0 Å². The molecule has 4 heteroatoms. The fourth-order valence-corrected chi connectivity index (χ4v) is 5.43. The molecular formula is C35H78BrClN2. The van der Waals surface area contributed by atoms with E-state index in [4.69, 9.17) is 0 Å². The Morgan fingerprint density at radius 2 is 0.538 bits per heavy atom. The van der Waals surface area contributed by atoms with Gasteiger partial charge in [-0.2, -0.15) is 0 Å². The van der Waals surface area contributed by atoms with Gasteiger partial charge in [0, 0.05) is 0 Å². The number of halogens is 2. The number of unbranched alkanes of at least 4 members (excludes halogenated alkanes) is 17. The summed E-state index contributed by atoms with van der Waals surface area (Å²) in [6, 6.07) is 0. The van der Waals surface area contributed by atoms with Crippen molar-refractivity contribution in [3.63, 3.8) is 0 Å². The van der Waals surface area contributed by atoms with Gasteiger partial charge >= 0.3 is 0 Å². The monoisotopic (exact) mass is 641 g/mol. The summed E-state index contributed by atoms with van der Waals surface area (Å²) in [7, 11) is 6.88. The molecule has 0 saturated heterocycles. The minimum absolute atomic E-state index is 0. The van der Waals surface area contributed by atoms with Gasteiger partial charge < -0.3 is 38.4 Å². The summed E-state index contributed by atoms with van der Waals surface area (Å²) in [6.07, 6.45) is 31.4. The molecule has 0 aliphatic rings. The van der Waals surface area contributed by atoms with Crippen LogP contribution >= 0.6 is 0 Å². The third kappa shape index (κ3) is 36.7. The van der Waals surface area contributed by atoms with Gasteiger partial charge in [-0.05, 0) is 38.5 Å². The van der Waals surface area contributed by atoms with Gasteiger partial charge in [0.05, 0.1) is 53.9 Å². The van der Waals surface area contributed by atoms with Crippen molar-refractivity contribution < 1.29 is 38.4 Å². The van der Waals surface area contributed by atoms with Gasteiger partial charge in [0.15, 0.2) is 0 Å². The minimum atomic E-state index is 0. The van der Waals surface area contributed by atoms with E-state index in [-0.39, 0.29) is 29.4 Å². The maximum atomic E-state index is 2.33. The van der Waals surface area contributed by atoms with Crippen LogP contribution in [0.1, 0.15) is 176 Å². The Balaban J connectivity index is -0.000000302. The standard InChI is InChI=1S/C19H42N.C16H36N.BrH.ClH/c1-5-6-7-8-9-10-11-12-13-14-15-16-17-18-19-20(2,3)4;1-5-9-13-17(14-10-6-2,15-11-7-3)16-12-8-4;;/h5-19H2,1-4H3;5-16H2,1-4H3;2*1H/q2*+1;;/p-2. The lowest BCUT2D eigenvalue weighted by Crippen LogP contribution is -3.00. The third-order valence-corrected chi connectivity index (χ3v) is 8.13. The van der Waals surface area contributed by atoms with Crippen molar-refractivity contribution in [2.45, 2.75) is 176 Å². The predicted octanol–water partition coefficient (Wildman–Crippen LogP) is 5.19. The molecule has 0 rings (SSSR count). The Hall–Kier alpha value is 0.690. The first kappa shape index (κ1) is 46.6. The number of nitrogens with zero attached hydrogens (tertiary/aromatic N) is 2. The molecule has 0 aromatic carbocycles. The van der Waals surface area contributed by atoms with Gasteiger partial charge in [-0.25, -0.2) is 0 Å². The second kappa shape index (κ2) is 34.9. The van der Waals surface area contributed by atoms with E-state index in [2.05, 4.69) is 55.8 Å². The summed E-state index contributed by atoms with van der Waals surface area (Å²) in [6.45, 7) is 18.6. The summed E-state index contributed by atoms with van der Waals surface area (Å²) in [5, 5.41) is 0. The van der Waals surface area contributed by atoms with Crippen LogP contribution in [0.25, 0.3) is 0 Å². The van der Waals surface area contributed by atoms with Crippen molar-refractivity contribution in [2.24, 2.45) is 0 Å². The lowest BCUT2D eigenvalue weighted by Gasteiger charge is -2.39. The first-order valence-electron chi connectivity index (χ1n) is 17.5. The largest absolute Gasteiger partial charge is 1.00 e. The molecule has 0 saturated carbocycles. The molecule has 242 valence electrons. The molecule has 0 aliphatic heterocycles. The highest BCUT2D eigenvalue weighted by Gasteiger charge is 2.24. The van der Waals surface area contributed by atoms with Crippen LogP contribution < -0.4 is 29.4 Å². The fourth-order valence-electron chi connectivity index (χ4n) is 5.43. The maximum Gasteiger partial charge on any atom is 0.0786 e. The topological polar surface area (TPSA) is 0 Å². The molecule has 39 heavy (non-hydrogen) atoms. The second-order valence-corrected chi connectivity index (χ2v) is 13.3. The molecule has 0 bridgehead atoms. The quantitative estimate of drug-likeness (QED) is 0.0856. The van der Waals surface area contributed by atoms with Crippen molar-refractivity contribution in [1.82, 2.24) is 0 Å². The molecule has 0 unspecified atom stereocenters. The van der Waals surface area contributed by atoms with Crippen LogP contribution in [0.5, 0.6) is 0 Å². The van der Waals surface area contributed by atoms with Gasteiger partial charge in [-0.15, -0.1) is 0 Å². The predicted molar refractivity (Wildman–Crippen MR) is 173 cm³/mol. The average molecular weight is 642 g/mol. The van der Waals surface area contributed by atoms with Crippen molar-refractivity contribution in [3.8, 4) is 0 Å². The zero-order valence-corrected chi connectivity index (χ0v) is 31.1. The number of hydrogen-bond acceptors (Lipinski definition) is 0. The van der Waals surface area contributed by atoms with E-state index >= 15 is 0 Å². The highest BCUT2D eigenvalue weighted by Crippen LogP contribution is 2.17. The summed E-state index contributed by atoms with van der Waals surface area (Å²) in [5.74, 6) is 0. The number of quaternary nitrogens is 2. The molecular weight excluding hydrogens is 564 g/mol. The Bertz CT molecular complexity index is 388. The SMILES string of the molecule is CCCCCCCCCCCCCCCC[N+](C)(C)C.CCCC[N+](CCCC)(CCCC)CCCC.[Br-].[Cl-]. The zero-order valence-electron chi connectivity index (χ0n) is 28.7. The van der Waals surface area contributed by atoms with Gasteiger partial charge in [0.1, 0.15) is 0 Å². The minimum Gasteiger partial charge on any atom is -1.00 e. The van der Waals surface area contributed by atoms with Crippen molar-refractivity contribution in [2.75, 3.05) is 53.9 Å². The number of rotatable bonds is 27. The third-order valence-electron chi connectivity index (χ3n) is 8.13. The van der Waals surface area contributed by atoms with Gasteiger partial charge in [0.25, 0.3) is 0 Å². The molecule has 0 spiro atoms. The molecule has 0 amide bonds. The van der Waals surface area contributed by atoms with Gasteiger partial charge in [-0.3, -0.25) is 0 Å². The molecule has 0 heterocycles. The van der Waals surface area contributed by atoms with Crippen LogP contribution in [0.3, 0.4) is 0 Å². The van der Waals surface area contributed by atoms with Gasteiger partial charge in [0.2, 0.25) is 0 Å². The van der Waals surface area contributed by atoms with Crippen LogP contribution in [-0.4, -0.2) is 62.8 Å². The van der Waals surface area contributed by atoms with Crippen LogP contribution in [0.15, 0.2) is 0 Å². The first-order valence-corrected chi connectivity index (χ1v) is 17.5. The molecule has 0 aliphatic carbocycles. The fraction of sp³-hybridized carbons (Fsp3) is 1.00. The highest BCUT2D eigenvalue weighted by atomic mass is 79.9. The normalized spacial score (nSPS) is 11.4. The van der Waals surface area contributed by atoms with E-state index in [0.717, 1.165) is 4.48 Å². The highest BCUT2D eigenvalue weighted by molar-refractivity contribution is 4.50.